The second-order valence-corrected chi connectivity index (χ2v) is 22.3. The van der Waals surface area contributed by atoms with Crippen LogP contribution in [0.15, 0.2) is 285 Å². The normalized spacial score (nSPS) is 12.3. The van der Waals surface area contributed by atoms with Crippen LogP contribution in [0.25, 0.3) is 94.3 Å². The zero-order chi connectivity index (χ0) is 59.1. The number of benzene rings is 13. The van der Waals surface area contributed by atoms with E-state index in [0.717, 1.165) is 117 Å². The summed E-state index contributed by atoms with van der Waals surface area (Å²) < 4.78 is 74.1. The molecule has 0 N–H and O–H groups in total. The van der Waals surface area contributed by atoms with Gasteiger partial charge in [0.1, 0.15) is 5.75 Å². The molecule has 0 unspecified atom stereocenters. The van der Waals surface area contributed by atoms with Gasteiger partial charge >= 0.3 is 0 Å². The Morgan fingerprint density at radius 3 is 1.11 bits per heavy atom. The minimum atomic E-state index is -1.91. The fourth-order valence-corrected chi connectivity index (χ4v) is 13.7. The van der Waals surface area contributed by atoms with Crippen LogP contribution < -0.4 is 30.9 Å². The van der Waals surface area contributed by atoms with Gasteiger partial charge in [-0.25, -0.2) is 17.6 Å². The van der Waals surface area contributed by atoms with E-state index in [9.17, 15) is 0 Å². The van der Waals surface area contributed by atoms with Gasteiger partial charge in [0, 0.05) is 50.4 Å². The number of hydrogen-bond acceptors (Lipinski definition) is 3. The molecule has 0 atom stereocenters. The first-order valence-electron chi connectivity index (χ1n) is 29.3. The van der Waals surface area contributed by atoms with Crippen molar-refractivity contribution in [2.45, 2.75) is 0 Å². The number of methoxy groups -OCH3 is 1. The summed E-state index contributed by atoms with van der Waals surface area (Å²) in [5, 5.41) is -0.274. The zero-order valence-electron chi connectivity index (χ0n) is 47.5. The van der Waals surface area contributed by atoms with Crippen molar-refractivity contribution >= 4 is 79.0 Å². The standard InChI is InChI=1S/C79H50BF4N3O/c1-88-58-40-43-66-63(48-58)71-73(81)74(82)75(83)76(84)79(71)85(66)57-46-69-72-70(47-57)87(78-61(53-30-16-6-17-31-53)36-21-37-62(78)54-32-18-7-19-33-54)68-42-39-56(50-24-10-3-11-25-50)45-65(68)80(72)64-44-55(49-22-8-2-9-23-49)38-41-67(64)86(69)77-59(51-26-12-4-13-27-51)34-20-35-60(77)52-28-14-5-15-29-52/h2-48H,1H3. The topological polar surface area (TPSA) is 20.6 Å². The highest BCUT2D eigenvalue weighted by Gasteiger charge is 2.46. The highest BCUT2D eigenvalue weighted by Crippen LogP contribution is 2.54. The summed E-state index contributed by atoms with van der Waals surface area (Å²) in [6.45, 7) is -0.472. The Hall–Kier alpha value is -11.2. The van der Waals surface area contributed by atoms with Crippen LogP contribution in [0, 0.1) is 23.3 Å². The second kappa shape index (κ2) is 21.1. The van der Waals surface area contributed by atoms with Crippen molar-refractivity contribution in [3.63, 3.8) is 0 Å². The van der Waals surface area contributed by atoms with Gasteiger partial charge in [-0.1, -0.05) is 243 Å². The summed E-state index contributed by atoms with van der Waals surface area (Å²) >= 11 is 0. The molecule has 16 rings (SSSR count). The summed E-state index contributed by atoms with van der Waals surface area (Å²) in [5.41, 5.74) is 19.9. The Labute approximate surface area is 506 Å². The van der Waals surface area contributed by atoms with Crippen LogP contribution in [0.2, 0.25) is 0 Å². The van der Waals surface area contributed by atoms with Crippen molar-refractivity contribution in [3.8, 4) is 78.2 Å². The van der Waals surface area contributed by atoms with Crippen LogP contribution >= 0.6 is 0 Å². The maximum Gasteiger partial charge on any atom is 0.252 e. The monoisotopic (exact) mass is 1140 g/mol. The number of nitrogens with zero attached hydrogens (tertiary/aromatic N) is 3. The maximum absolute atomic E-state index is 17.5. The third kappa shape index (κ3) is 8.29. The van der Waals surface area contributed by atoms with Crippen LogP contribution in [-0.4, -0.2) is 18.4 Å². The van der Waals surface area contributed by atoms with Crippen molar-refractivity contribution < 1.29 is 22.3 Å². The molecule has 1 aromatic heterocycles. The molecule has 9 heteroatoms. The molecule has 4 nitrogen and oxygen atoms in total. The molecule has 0 fully saturated rings. The van der Waals surface area contributed by atoms with Gasteiger partial charge in [0.15, 0.2) is 23.3 Å². The van der Waals surface area contributed by atoms with Crippen molar-refractivity contribution in [2.24, 2.45) is 0 Å². The van der Waals surface area contributed by atoms with Crippen molar-refractivity contribution in [1.29, 1.82) is 0 Å². The average Bonchev–Trinajstić information content (AvgIpc) is 0.837. The Morgan fingerprint density at radius 1 is 0.330 bits per heavy atom. The summed E-state index contributed by atoms with van der Waals surface area (Å²) in [5.74, 6) is -6.52. The Kier molecular flexibility index (Phi) is 12.6. The van der Waals surface area contributed by atoms with Gasteiger partial charge in [-0.15, -0.1) is 0 Å². The van der Waals surface area contributed by atoms with E-state index < -0.39 is 40.9 Å². The van der Waals surface area contributed by atoms with E-state index in [4.69, 9.17) is 4.74 Å². The molecule has 0 radical (unpaired) electrons. The molecule has 0 saturated carbocycles. The maximum atomic E-state index is 17.5. The van der Waals surface area contributed by atoms with Crippen molar-refractivity contribution in [3.05, 3.63) is 308 Å². The van der Waals surface area contributed by atoms with E-state index >= 15 is 17.6 Å². The molecule has 2 aliphatic rings. The first kappa shape index (κ1) is 52.4. The molecular formula is C79H50BF4N3O. The van der Waals surface area contributed by atoms with E-state index in [0.29, 0.717) is 17.0 Å². The number of fused-ring (bicyclic) bond motifs is 7. The fraction of sp³-hybridized carbons (Fsp3) is 0.0127. The quantitative estimate of drug-likeness (QED) is 0.0589. The number of rotatable bonds is 10. The molecule has 13 aromatic carbocycles. The highest BCUT2D eigenvalue weighted by atomic mass is 19.2. The van der Waals surface area contributed by atoms with Crippen LogP contribution in [0.5, 0.6) is 5.75 Å². The van der Waals surface area contributed by atoms with Crippen LogP contribution in [0.1, 0.15) is 0 Å². The number of para-hydroxylation sites is 2. The molecule has 0 bridgehead atoms. The van der Waals surface area contributed by atoms with Crippen LogP contribution in [0.4, 0.5) is 51.7 Å². The highest BCUT2D eigenvalue weighted by molar-refractivity contribution is 7.00. The molecule has 0 aliphatic carbocycles. The van der Waals surface area contributed by atoms with Gasteiger partial charge in [0.25, 0.3) is 6.71 Å². The molecule has 0 saturated heterocycles. The van der Waals surface area contributed by atoms with Gasteiger partial charge in [0.05, 0.1) is 40.6 Å². The van der Waals surface area contributed by atoms with E-state index in [1.165, 1.54) is 7.11 Å². The van der Waals surface area contributed by atoms with E-state index in [2.05, 4.69) is 180 Å². The molecule has 14 aromatic rings. The molecule has 0 spiro atoms. The molecule has 418 valence electrons. The Morgan fingerprint density at radius 2 is 0.716 bits per heavy atom. The molecule has 2 aliphatic heterocycles. The predicted molar refractivity (Wildman–Crippen MR) is 354 cm³/mol. The predicted octanol–water partition coefficient (Wildman–Crippen LogP) is 19.4. The largest absolute Gasteiger partial charge is 0.497 e. The zero-order valence-corrected chi connectivity index (χ0v) is 47.5. The van der Waals surface area contributed by atoms with Crippen molar-refractivity contribution in [2.75, 3.05) is 16.9 Å². The number of halogens is 4. The summed E-state index contributed by atoms with van der Waals surface area (Å²) in [4.78, 5) is 4.71. The first-order valence-corrected chi connectivity index (χ1v) is 29.3. The Bertz CT molecular complexity index is 4710. The second-order valence-electron chi connectivity index (χ2n) is 22.3. The minimum Gasteiger partial charge on any atom is -0.497 e. The number of hydrogen-bond donors (Lipinski definition) is 0. The van der Waals surface area contributed by atoms with Gasteiger partial charge < -0.3 is 19.1 Å². The van der Waals surface area contributed by atoms with Gasteiger partial charge in [0.2, 0.25) is 0 Å². The third-order valence-corrected chi connectivity index (χ3v) is 17.6. The smallest absolute Gasteiger partial charge is 0.252 e. The van der Waals surface area contributed by atoms with Crippen molar-refractivity contribution in [1.82, 2.24) is 4.57 Å². The number of anilines is 6. The van der Waals surface area contributed by atoms with E-state index in [1.54, 1.807) is 22.8 Å². The summed E-state index contributed by atoms with van der Waals surface area (Å²) in [6.07, 6.45) is 0. The van der Waals surface area contributed by atoms with Gasteiger partial charge in [-0.3, -0.25) is 0 Å². The number of aromatic nitrogens is 1. The lowest BCUT2D eigenvalue weighted by Gasteiger charge is -2.46. The molecular weight excluding hydrogens is 1090 g/mol. The molecule has 88 heavy (non-hydrogen) atoms. The lowest BCUT2D eigenvalue weighted by Crippen LogP contribution is -2.61. The number of ether oxygens (including phenoxy) is 1. The van der Waals surface area contributed by atoms with Gasteiger partial charge in [-0.2, -0.15) is 0 Å². The van der Waals surface area contributed by atoms with Crippen LogP contribution in [-0.2, 0) is 0 Å². The SMILES string of the molecule is COc1ccc2c(c1)c1c(F)c(F)c(F)c(F)c1n2-c1cc2c3c(c1)N(c1c(-c4ccccc4)cccc1-c1ccccc1)c1ccc(-c4ccccc4)cc1B3c1cc(-c3ccccc3)ccc1N2c1c(-c2ccccc2)cccc1-c1ccccc1. The van der Waals surface area contributed by atoms with E-state index in [-0.39, 0.29) is 5.39 Å². The lowest BCUT2D eigenvalue weighted by atomic mass is 9.33. The average molecular weight is 1140 g/mol. The fourth-order valence-electron chi connectivity index (χ4n) is 13.7. The first-order chi connectivity index (χ1) is 43.3. The summed E-state index contributed by atoms with van der Waals surface area (Å²) in [6, 6.07) is 97.6. The Balaban J connectivity index is 1.13. The lowest BCUT2D eigenvalue weighted by molar-refractivity contribution is 0.415. The van der Waals surface area contributed by atoms with E-state index in [1.807, 2.05) is 97.1 Å². The minimum absolute atomic E-state index is 0.141. The molecule has 0 amide bonds. The van der Waals surface area contributed by atoms with Crippen LogP contribution in [0.3, 0.4) is 0 Å². The summed E-state index contributed by atoms with van der Waals surface area (Å²) in [7, 11) is 1.47. The van der Waals surface area contributed by atoms with Gasteiger partial charge in [-0.05, 0) is 103 Å². The molecule has 3 heterocycles. The third-order valence-electron chi connectivity index (χ3n) is 17.6.